The van der Waals surface area contributed by atoms with Gasteiger partial charge in [0.2, 0.25) is 0 Å². The van der Waals surface area contributed by atoms with E-state index in [0.29, 0.717) is 0 Å². The molecule has 0 fully saturated rings. The zero-order valence-corrected chi connectivity index (χ0v) is 9.20. The Labute approximate surface area is 93.7 Å². The highest BCUT2D eigenvalue weighted by Gasteiger charge is 2.35. The lowest BCUT2D eigenvalue weighted by molar-refractivity contribution is -0.142. The molecule has 0 saturated carbocycles. The largest absolute Gasteiger partial charge is 0.467 e. The van der Waals surface area contributed by atoms with Gasteiger partial charge in [-0.2, -0.15) is 5.11 Å². The maximum atomic E-state index is 11.4. The third-order valence-electron chi connectivity index (χ3n) is 2.58. The Balaban J connectivity index is 2.17. The van der Waals surface area contributed by atoms with Crippen molar-refractivity contribution in [2.24, 2.45) is 10.3 Å². The number of hydrogen-bond donors (Lipinski definition) is 0. The number of anilines is 1. The van der Waals surface area contributed by atoms with Gasteiger partial charge in [0, 0.05) is 0 Å². The molecule has 1 heterocycles. The summed E-state index contributed by atoms with van der Waals surface area (Å²) in [4.78, 5) is 11.4. The van der Waals surface area contributed by atoms with Gasteiger partial charge in [0.05, 0.1) is 18.8 Å². The Bertz CT molecular complexity index is 405. The molecule has 2 atom stereocenters. The van der Waals surface area contributed by atoms with E-state index in [-0.39, 0.29) is 12.0 Å². The fourth-order valence-corrected chi connectivity index (χ4v) is 1.66. The molecule has 84 valence electrons. The van der Waals surface area contributed by atoms with Crippen molar-refractivity contribution in [2.75, 3.05) is 12.1 Å². The van der Waals surface area contributed by atoms with Crippen molar-refractivity contribution in [1.29, 1.82) is 0 Å². The molecule has 0 spiro atoms. The monoisotopic (exact) mass is 219 g/mol. The van der Waals surface area contributed by atoms with Crippen LogP contribution in [0.25, 0.3) is 0 Å². The number of nitrogens with zero attached hydrogens (tertiary/aromatic N) is 3. The van der Waals surface area contributed by atoms with E-state index in [1.165, 1.54) is 7.11 Å². The van der Waals surface area contributed by atoms with Crippen LogP contribution in [0.3, 0.4) is 0 Å². The van der Waals surface area contributed by atoms with Gasteiger partial charge in [-0.1, -0.05) is 23.4 Å². The number of carbonyl (C=O) groups excluding carboxylic acids is 1. The molecule has 1 aliphatic rings. The van der Waals surface area contributed by atoms with E-state index in [0.717, 1.165) is 5.69 Å². The van der Waals surface area contributed by atoms with Crippen molar-refractivity contribution in [3.8, 4) is 0 Å². The summed E-state index contributed by atoms with van der Waals surface area (Å²) in [5.74, 6) is -0.352. The number of para-hydroxylation sites is 1. The van der Waals surface area contributed by atoms with Crippen molar-refractivity contribution >= 4 is 11.7 Å². The van der Waals surface area contributed by atoms with Crippen LogP contribution in [-0.4, -0.2) is 25.2 Å². The number of carbonyl (C=O) groups is 1. The summed E-state index contributed by atoms with van der Waals surface area (Å²) in [6.45, 7) is 1.90. The molecule has 0 unspecified atom stereocenters. The summed E-state index contributed by atoms with van der Waals surface area (Å²) in [6.07, 6.45) is 0. The minimum atomic E-state index is -0.537. The van der Waals surface area contributed by atoms with Gasteiger partial charge in [-0.05, 0) is 19.1 Å². The van der Waals surface area contributed by atoms with E-state index in [1.54, 1.807) is 5.01 Å². The van der Waals surface area contributed by atoms with Crippen molar-refractivity contribution in [3.05, 3.63) is 30.3 Å². The summed E-state index contributed by atoms with van der Waals surface area (Å²) >= 11 is 0. The van der Waals surface area contributed by atoms with Gasteiger partial charge in [0.25, 0.3) is 0 Å². The first-order chi connectivity index (χ1) is 7.74. The maximum Gasteiger partial charge on any atom is 0.334 e. The summed E-state index contributed by atoms with van der Waals surface area (Å²) in [5, 5.41) is 9.64. The highest BCUT2D eigenvalue weighted by molar-refractivity contribution is 5.78. The van der Waals surface area contributed by atoms with Crippen LogP contribution in [-0.2, 0) is 9.53 Å². The summed E-state index contributed by atoms with van der Waals surface area (Å²) < 4.78 is 4.67. The van der Waals surface area contributed by atoms with Gasteiger partial charge in [-0.25, -0.2) is 9.80 Å². The fourth-order valence-electron chi connectivity index (χ4n) is 1.66. The Morgan fingerprint density at radius 2 is 2.06 bits per heavy atom. The van der Waals surface area contributed by atoms with Crippen molar-refractivity contribution in [2.45, 2.75) is 19.0 Å². The van der Waals surface area contributed by atoms with Crippen LogP contribution in [0.15, 0.2) is 40.7 Å². The fraction of sp³-hybridized carbons (Fsp3) is 0.364. The second kappa shape index (κ2) is 4.30. The molecule has 1 aliphatic heterocycles. The maximum absolute atomic E-state index is 11.4. The van der Waals surface area contributed by atoms with E-state index in [1.807, 2.05) is 37.3 Å². The smallest absolute Gasteiger partial charge is 0.334 e. The Hall–Kier alpha value is -1.91. The second-order valence-electron chi connectivity index (χ2n) is 3.59. The average Bonchev–Trinajstić information content (AvgIpc) is 2.71. The van der Waals surface area contributed by atoms with E-state index in [4.69, 9.17) is 0 Å². The van der Waals surface area contributed by atoms with E-state index in [9.17, 15) is 4.79 Å². The van der Waals surface area contributed by atoms with E-state index in [2.05, 4.69) is 15.1 Å². The SMILES string of the molecule is COC(=O)[C@H]1N=NN(c2ccccc2)[C@@H]1C. The summed E-state index contributed by atoms with van der Waals surface area (Å²) in [6, 6.07) is 8.97. The Morgan fingerprint density at radius 3 is 2.69 bits per heavy atom. The highest BCUT2D eigenvalue weighted by atomic mass is 16.5. The molecule has 0 bridgehead atoms. The van der Waals surface area contributed by atoms with Crippen LogP contribution in [0.5, 0.6) is 0 Å². The molecule has 0 saturated heterocycles. The normalized spacial score (nSPS) is 23.5. The molecule has 5 heteroatoms. The van der Waals surface area contributed by atoms with Crippen LogP contribution in [0.1, 0.15) is 6.92 Å². The quantitative estimate of drug-likeness (QED) is 0.713. The van der Waals surface area contributed by atoms with Gasteiger partial charge in [-0.15, -0.1) is 0 Å². The van der Waals surface area contributed by atoms with Gasteiger partial charge >= 0.3 is 5.97 Å². The van der Waals surface area contributed by atoms with Crippen LogP contribution in [0.2, 0.25) is 0 Å². The van der Waals surface area contributed by atoms with Crippen molar-refractivity contribution in [1.82, 2.24) is 0 Å². The number of methoxy groups -OCH3 is 1. The topological polar surface area (TPSA) is 54.3 Å². The zero-order valence-electron chi connectivity index (χ0n) is 9.20. The molecule has 2 rings (SSSR count). The van der Waals surface area contributed by atoms with Crippen LogP contribution in [0.4, 0.5) is 5.69 Å². The van der Waals surface area contributed by atoms with Gasteiger partial charge in [0.15, 0.2) is 6.04 Å². The number of esters is 1. The van der Waals surface area contributed by atoms with Gasteiger partial charge in [-0.3, -0.25) is 0 Å². The number of ether oxygens (including phenoxy) is 1. The highest BCUT2D eigenvalue weighted by Crippen LogP contribution is 2.25. The Kier molecular flexibility index (Phi) is 2.85. The minimum absolute atomic E-state index is 0.116. The third-order valence-corrected chi connectivity index (χ3v) is 2.58. The molecule has 0 aliphatic carbocycles. The predicted molar refractivity (Wildman–Crippen MR) is 59.0 cm³/mol. The molecule has 5 nitrogen and oxygen atoms in total. The molecule has 0 radical (unpaired) electrons. The van der Waals surface area contributed by atoms with Crippen molar-refractivity contribution < 1.29 is 9.53 Å². The van der Waals surface area contributed by atoms with Crippen LogP contribution < -0.4 is 5.01 Å². The predicted octanol–water partition coefficient (Wildman–Crippen LogP) is 1.80. The number of benzene rings is 1. The lowest BCUT2D eigenvalue weighted by Gasteiger charge is -2.20. The molecule has 0 aromatic heterocycles. The zero-order chi connectivity index (χ0) is 11.5. The first-order valence-corrected chi connectivity index (χ1v) is 5.07. The van der Waals surface area contributed by atoms with Gasteiger partial charge in [0.1, 0.15) is 0 Å². The molecular formula is C11H13N3O2. The van der Waals surface area contributed by atoms with Crippen molar-refractivity contribution in [3.63, 3.8) is 0 Å². The summed E-state index contributed by atoms with van der Waals surface area (Å²) in [5.41, 5.74) is 0.921. The molecule has 1 aromatic rings. The standard InChI is InChI=1S/C11H13N3O2/c1-8-10(11(15)16-2)12-13-14(8)9-6-4-3-5-7-9/h3-8,10H,1-2H3/t8-,10+/m1/s1. The Morgan fingerprint density at radius 1 is 1.38 bits per heavy atom. The molecule has 1 aromatic carbocycles. The second-order valence-corrected chi connectivity index (χ2v) is 3.59. The number of hydrogen-bond acceptors (Lipinski definition) is 5. The molecular weight excluding hydrogens is 206 g/mol. The number of rotatable bonds is 2. The molecule has 0 N–H and O–H groups in total. The van der Waals surface area contributed by atoms with Crippen LogP contribution >= 0.6 is 0 Å². The molecule has 16 heavy (non-hydrogen) atoms. The van der Waals surface area contributed by atoms with E-state index < -0.39 is 6.04 Å². The lowest BCUT2D eigenvalue weighted by atomic mass is 10.1. The summed E-state index contributed by atoms with van der Waals surface area (Å²) in [7, 11) is 1.36. The first kappa shape index (κ1) is 10.6. The van der Waals surface area contributed by atoms with E-state index >= 15 is 0 Å². The van der Waals surface area contributed by atoms with Crippen LogP contribution in [0, 0.1) is 0 Å². The first-order valence-electron chi connectivity index (χ1n) is 5.07. The average molecular weight is 219 g/mol. The molecule has 0 amide bonds. The lowest BCUT2D eigenvalue weighted by Crippen LogP contribution is -2.37. The van der Waals surface area contributed by atoms with Gasteiger partial charge < -0.3 is 4.74 Å². The third kappa shape index (κ3) is 1.76. The minimum Gasteiger partial charge on any atom is -0.467 e.